The van der Waals surface area contributed by atoms with E-state index in [1.54, 1.807) is 4.68 Å². The lowest BCUT2D eigenvalue weighted by Crippen LogP contribution is -2.12. The Hall–Kier alpha value is -2.38. The van der Waals surface area contributed by atoms with Gasteiger partial charge in [-0.05, 0) is 20.3 Å². The van der Waals surface area contributed by atoms with Gasteiger partial charge >= 0.3 is 6.01 Å². The minimum Gasteiger partial charge on any atom is -0.461 e. The summed E-state index contributed by atoms with van der Waals surface area (Å²) in [5.74, 6) is 0.455. The summed E-state index contributed by atoms with van der Waals surface area (Å²) in [7, 11) is 1.86. The Balaban J connectivity index is 2.26. The van der Waals surface area contributed by atoms with Crippen molar-refractivity contribution >= 4 is 17.6 Å². The summed E-state index contributed by atoms with van der Waals surface area (Å²) < 4.78 is 7.17. The van der Waals surface area contributed by atoms with Crippen LogP contribution in [0.15, 0.2) is 6.20 Å². The van der Waals surface area contributed by atoms with Gasteiger partial charge < -0.3 is 15.8 Å². The van der Waals surface area contributed by atoms with E-state index in [2.05, 4.69) is 25.4 Å². The Morgan fingerprint density at radius 1 is 1.35 bits per heavy atom. The van der Waals surface area contributed by atoms with Gasteiger partial charge in [0.1, 0.15) is 0 Å². The predicted molar refractivity (Wildman–Crippen MR) is 75.9 cm³/mol. The van der Waals surface area contributed by atoms with E-state index in [9.17, 15) is 0 Å². The molecule has 0 atom stereocenters. The molecule has 8 nitrogen and oxygen atoms in total. The Kier molecular flexibility index (Phi) is 4.02. The van der Waals surface area contributed by atoms with Crippen LogP contribution in [0.1, 0.15) is 26.5 Å². The zero-order valence-electron chi connectivity index (χ0n) is 12.1. The number of hydrogen-bond donors (Lipinski definition) is 2. The third-order valence-electron chi connectivity index (χ3n) is 2.46. The molecule has 0 radical (unpaired) electrons. The molecule has 0 aliphatic rings. The zero-order valence-corrected chi connectivity index (χ0v) is 12.1. The second-order valence-corrected chi connectivity index (χ2v) is 4.61. The van der Waals surface area contributed by atoms with Gasteiger partial charge in [0.2, 0.25) is 11.9 Å². The molecule has 2 aromatic rings. The van der Waals surface area contributed by atoms with Gasteiger partial charge in [-0.3, -0.25) is 4.68 Å². The maximum absolute atomic E-state index is 5.66. The number of anilines is 3. The first kappa shape index (κ1) is 14.0. The van der Waals surface area contributed by atoms with Crippen LogP contribution in [0.2, 0.25) is 0 Å². The average molecular weight is 277 g/mol. The lowest BCUT2D eigenvalue weighted by atomic mass is 10.3. The minimum absolute atomic E-state index is 0.0331. The SMILES string of the molecule is CCc1nn(C)cc1Nc1nc(N)nc(OC(C)C)n1. The van der Waals surface area contributed by atoms with Crippen molar-refractivity contribution in [3.63, 3.8) is 0 Å². The summed E-state index contributed by atoms with van der Waals surface area (Å²) in [5.41, 5.74) is 7.43. The van der Waals surface area contributed by atoms with Crippen LogP contribution in [0.25, 0.3) is 0 Å². The number of hydrogen-bond acceptors (Lipinski definition) is 7. The quantitative estimate of drug-likeness (QED) is 0.848. The highest BCUT2D eigenvalue weighted by atomic mass is 16.5. The van der Waals surface area contributed by atoms with Crippen LogP contribution in [0.5, 0.6) is 6.01 Å². The number of nitrogens with one attached hydrogen (secondary N) is 1. The molecule has 2 rings (SSSR count). The van der Waals surface area contributed by atoms with Crippen LogP contribution in [-0.4, -0.2) is 30.8 Å². The van der Waals surface area contributed by atoms with E-state index in [1.807, 2.05) is 34.0 Å². The van der Waals surface area contributed by atoms with Gasteiger partial charge in [0, 0.05) is 13.2 Å². The fraction of sp³-hybridized carbons (Fsp3) is 0.500. The molecule has 0 unspecified atom stereocenters. The fourth-order valence-corrected chi connectivity index (χ4v) is 1.71. The third kappa shape index (κ3) is 3.34. The number of rotatable bonds is 5. The van der Waals surface area contributed by atoms with Gasteiger partial charge in [0.25, 0.3) is 0 Å². The number of aryl methyl sites for hydroxylation is 2. The van der Waals surface area contributed by atoms with Crippen LogP contribution >= 0.6 is 0 Å². The number of nitrogen functional groups attached to an aromatic ring is 1. The average Bonchev–Trinajstić information content (AvgIpc) is 2.67. The predicted octanol–water partition coefficient (Wildman–Crippen LogP) is 1.28. The topological polar surface area (TPSA) is 104 Å². The Morgan fingerprint density at radius 3 is 2.75 bits per heavy atom. The maximum atomic E-state index is 5.66. The molecule has 0 aliphatic carbocycles. The number of nitrogens with zero attached hydrogens (tertiary/aromatic N) is 5. The van der Waals surface area contributed by atoms with E-state index in [0.29, 0.717) is 5.95 Å². The first-order valence-corrected chi connectivity index (χ1v) is 6.45. The maximum Gasteiger partial charge on any atom is 0.323 e. The molecule has 0 fully saturated rings. The summed E-state index contributed by atoms with van der Waals surface area (Å²) >= 11 is 0. The number of nitrogens with two attached hydrogens (primary N) is 1. The smallest absolute Gasteiger partial charge is 0.323 e. The van der Waals surface area contributed by atoms with E-state index in [4.69, 9.17) is 10.5 Å². The van der Waals surface area contributed by atoms with Crippen LogP contribution in [0.3, 0.4) is 0 Å². The van der Waals surface area contributed by atoms with E-state index >= 15 is 0 Å². The van der Waals surface area contributed by atoms with Crippen molar-refractivity contribution in [3.8, 4) is 6.01 Å². The lowest BCUT2D eigenvalue weighted by Gasteiger charge is -2.09. The van der Waals surface area contributed by atoms with Gasteiger partial charge in [-0.25, -0.2) is 0 Å². The third-order valence-corrected chi connectivity index (χ3v) is 2.46. The molecule has 2 aromatic heterocycles. The summed E-state index contributed by atoms with van der Waals surface area (Å²) in [6.07, 6.45) is 2.63. The molecule has 0 saturated heterocycles. The largest absolute Gasteiger partial charge is 0.461 e. The molecular weight excluding hydrogens is 258 g/mol. The molecule has 2 heterocycles. The molecule has 20 heavy (non-hydrogen) atoms. The number of ether oxygens (including phenoxy) is 1. The zero-order chi connectivity index (χ0) is 14.7. The summed E-state index contributed by atoms with van der Waals surface area (Å²) in [4.78, 5) is 12.2. The summed E-state index contributed by atoms with van der Waals surface area (Å²) in [5, 5.41) is 7.43. The van der Waals surface area contributed by atoms with Gasteiger partial charge in [0.15, 0.2) is 0 Å². The molecule has 3 N–H and O–H groups in total. The fourth-order valence-electron chi connectivity index (χ4n) is 1.71. The first-order chi connectivity index (χ1) is 9.47. The van der Waals surface area contributed by atoms with Crippen molar-refractivity contribution in [2.75, 3.05) is 11.1 Å². The van der Waals surface area contributed by atoms with Crippen LogP contribution < -0.4 is 15.8 Å². The highest BCUT2D eigenvalue weighted by molar-refractivity contribution is 5.56. The molecule has 0 aliphatic heterocycles. The second-order valence-electron chi connectivity index (χ2n) is 4.61. The molecule has 0 amide bonds. The summed E-state index contributed by atoms with van der Waals surface area (Å²) in [6.45, 7) is 5.81. The van der Waals surface area contributed by atoms with E-state index in [0.717, 1.165) is 17.8 Å². The van der Waals surface area contributed by atoms with Crippen molar-refractivity contribution in [1.29, 1.82) is 0 Å². The van der Waals surface area contributed by atoms with Crippen molar-refractivity contribution in [1.82, 2.24) is 24.7 Å². The van der Waals surface area contributed by atoms with Crippen LogP contribution in [-0.2, 0) is 13.5 Å². The van der Waals surface area contributed by atoms with Gasteiger partial charge in [-0.1, -0.05) is 6.92 Å². The van der Waals surface area contributed by atoms with Crippen molar-refractivity contribution in [2.24, 2.45) is 7.05 Å². The highest BCUT2D eigenvalue weighted by Crippen LogP contribution is 2.19. The molecule has 8 heteroatoms. The van der Waals surface area contributed by atoms with Gasteiger partial charge in [0.05, 0.1) is 17.5 Å². The Morgan fingerprint density at radius 2 is 2.10 bits per heavy atom. The standard InChI is InChI=1S/C12H19N7O/c1-5-8-9(6-19(4)18-8)14-11-15-10(13)16-12(17-11)20-7(2)3/h6-7H,5H2,1-4H3,(H3,13,14,15,16,17). The minimum atomic E-state index is -0.0331. The monoisotopic (exact) mass is 277 g/mol. The molecule has 108 valence electrons. The molecule has 0 bridgehead atoms. The van der Waals surface area contributed by atoms with E-state index in [1.165, 1.54) is 0 Å². The lowest BCUT2D eigenvalue weighted by molar-refractivity contribution is 0.222. The highest BCUT2D eigenvalue weighted by Gasteiger charge is 2.11. The Labute approximate surface area is 117 Å². The van der Waals surface area contributed by atoms with Gasteiger partial charge in [-0.2, -0.15) is 20.1 Å². The first-order valence-electron chi connectivity index (χ1n) is 6.45. The molecule has 0 saturated carbocycles. The molecular formula is C12H19N7O. The summed E-state index contributed by atoms with van der Waals surface area (Å²) in [6, 6.07) is 0.205. The molecule has 0 spiro atoms. The molecule has 0 aromatic carbocycles. The van der Waals surface area contributed by atoms with Crippen molar-refractivity contribution < 1.29 is 4.74 Å². The van der Waals surface area contributed by atoms with Crippen LogP contribution in [0, 0.1) is 0 Å². The van der Waals surface area contributed by atoms with Crippen LogP contribution in [0.4, 0.5) is 17.6 Å². The van der Waals surface area contributed by atoms with E-state index < -0.39 is 0 Å². The van der Waals surface area contributed by atoms with Crippen molar-refractivity contribution in [2.45, 2.75) is 33.3 Å². The van der Waals surface area contributed by atoms with E-state index in [-0.39, 0.29) is 18.1 Å². The van der Waals surface area contributed by atoms with Crippen molar-refractivity contribution in [3.05, 3.63) is 11.9 Å². The number of aromatic nitrogens is 5. The Bertz CT molecular complexity index is 593. The second kappa shape index (κ2) is 5.72. The van der Waals surface area contributed by atoms with Gasteiger partial charge in [-0.15, -0.1) is 0 Å². The normalized spacial score (nSPS) is 10.8.